The van der Waals surface area contributed by atoms with E-state index < -0.39 is 51.9 Å². The molecule has 4 atom stereocenters. The van der Waals surface area contributed by atoms with Crippen molar-refractivity contribution in [3.05, 3.63) is 22.4 Å². The summed E-state index contributed by atoms with van der Waals surface area (Å²) >= 11 is 2.43. The van der Waals surface area contributed by atoms with Gasteiger partial charge in [0.1, 0.15) is 17.5 Å². The maximum atomic E-state index is 12.4. The third-order valence-electron chi connectivity index (χ3n) is 4.31. The Labute approximate surface area is 179 Å². The van der Waals surface area contributed by atoms with Gasteiger partial charge in [0.2, 0.25) is 11.8 Å². The van der Waals surface area contributed by atoms with Crippen LogP contribution in [0.4, 0.5) is 0 Å². The van der Waals surface area contributed by atoms with Crippen molar-refractivity contribution in [2.45, 2.75) is 42.0 Å². The Balaban J connectivity index is 0.00000243. The van der Waals surface area contributed by atoms with E-state index in [0.717, 1.165) is 11.3 Å². The van der Waals surface area contributed by atoms with Crippen LogP contribution in [0.15, 0.2) is 17.5 Å². The fourth-order valence-corrected chi connectivity index (χ4v) is 5.64. The van der Waals surface area contributed by atoms with Crippen molar-refractivity contribution in [2.75, 3.05) is 0 Å². The Morgan fingerprint density at radius 1 is 1.31 bits per heavy atom. The van der Waals surface area contributed by atoms with Gasteiger partial charge in [0.05, 0.1) is 0 Å². The topological polar surface area (TPSA) is 124 Å². The number of thioether (sulfide) groups is 1. The SMILES string of the molecule is CC1(C)S[C@@H]2[C@H](NC(=O)[C@H](C(=O)O)c3cccs3)C(=O)N2[C@H]1C(=O)O.[Na+]. The number of nitrogens with one attached hydrogen (secondary N) is 1. The van der Waals surface area contributed by atoms with Crippen molar-refractivity contribution in [3.8, 4) is 0 Å². The molecule has 0 aliphatic carbocycles. The molecule has 0 unspecified atom stereocenters. The quantitative estimate of drug-likeness (QED) is 0.281. The molecule has 3 rings (SSSR count). The predicted octanol–water partition coefficient (Wildman–Crippen LogP) is -2.45. The summed E-state index contributed by atoms with van der Waals surface area (Å²) in [5, 5.41) is 22.4. The number of fused-ring (bicyclic) bond motifs is 1. The summed E-state index contributed by atoms with van der Waals surface area (Å²) in [7, 11) is 0. The van der Waals surface area contributed by atoms with Crippen LogP contribution in [0.3, 0.4) is 0 Å². The first kappa shape index (κ1) is 21.2. The number of carboxylic acid groups (broad SMARTS) is 2. The largest absolute Gasteiger partial charge is 1.00 e. The summed E-state index contributed by atoms with van der Waals surface area (Å²) in [4.78, 5) is 49.3. The van der Waals surface area contributed by atoms with Gasteiger partial charge in [0.15, 0.2) is 5.92 Å². The smallest absolute Gasteiger partial charge is 0.480 e. The summed E-state index contributed by atoms with van der Waals surface area (Å²) in [6.45, 7) is 3.46. The maximum absolute atomic E-state index is 12.4. The van der Waals surface area contributed by atoms with Gasteiger partial charge >= 0.3 is 41.5 Å². The van der Waals surface area contributed by atoms with E-state index in [0.29, 0.717) is 4.88 Å². The Morgan fingerprint density at radius 3 is 2.46 bits per heavy atom. The monoisotopic (exact) mass is 407 g/mol. The second-order valence-corrected chi connectivity index (χ2v) is 9.12. The van der Waals surface area contributed by atoms with Gasteiger partial charge in [-0.1, -0.05) is 6.07 Å². The first-order valence-electron chi connectivity index (χ1n) is 7.44. The van der Waals surface area contributed by atoms with E-state index in [1.807, 2.05) is 0 Å². The van der Waals surface area contributed by atoms with Crippen LogP contribution < -0.4 is 34.9 Å². The minimum atomic E-state index is -1.39. The van der Waals surface area contributed by atoms with Crippen LogP contribution in [0.1, 0.15) is 24.6 Å². The number of hydrogen-bond acceptors (Lipinski definition) is 6. The van der Waals surface area contributed by atoms with Crippen molar-refractivity contribution in [3.63, 3.8) is 0 Å². The second-order valence-electron chi connectivity index (χ2n) is 6.37. The molecule has 2 amide bonds. The summed E-state index contributed by atoms with van der Waals surface area (Å²) in [6, 6.07) is 1.30. The summed E-state index contributed by atoms with van der Waals surface area (Å²) in [5.74, 6) is -5.06. The minimum Gasteiger partial charge on any atom is -0.480 e. The molecule has 2 saturated heterocycles. The Kier molecular flexibility index (Phi) is 6.13. The molecule has 1 aromatic heterocycles. The predicted molar refractivity (Wildman–Crippen MR) is 90.4 cm³/mol. The van der Waals surface area contributed by atoms with Crippen LogP contribution in [0.25, 0.3) is 0 Å². The van der Waals surface area contributed by atoms with Crippen LogP contribution in [-0.4, -0.2) is 61.1 Å². The van der Waals surface area contributed by atoms with E-state index >= 15 is 0 Å². The molecule has 0 radical (unpaired) electrons. The van der Waals surface area contributed by atoms with Crippen molar-refractivity contribution in [2.24, 2.45) is 0 Å². The Morgan fingerprint density at radius 2 is 1.96 bits per heavy atom. The van der Waals surface area contributed by atoms with Crippen LogP contribution >= 0.6 is 23.1 Å². The molecule has 8 nitrogen and oxygen atoms in total. The average Bonchev–Trinajstić information content (AvgIpc) is 3.09. The molecule has 2 aliphatic rings. The summed E-state index contributed by atoms with van der Waals surface area (Å²) < 4.78 is -0.703. The van der Waals surface area contributed by atoms with Crippen molar-refractivity contribution in [1.29, 1.82) is 0 Å². The van der Waals surface area contributed by atoms with Gasteiger partial charge < -0.3 is 20.4 Å². The molecule has 0 aromatic carbocycles. The zero-order valence-corrected chi connectivity index (χ0v) is 18.0. The number of amides is 2. The van der Waals surface area contributed by atoms with E-state index in [9.17, 15) is 29.4 Å². The summed E-state index contributed by atoms with van der Waals surface area (Å²) in [6.07, 6.45) is 0. The standard InChI is InChI=1S/C15H16N2O6S2.Na/c1-15(2)9(14(22)23)17-11(19)8(12(17)25-15)16-10(18)7(13(20)21)6-4-3-5-24-6;/h3-5,7-9,12H,1-2H3,(H,16,18)(H,20,21)(H,22,23);/q;+1/t7-,8-,9+,12-;/m1./s1. The van der Waals surface area contributed by atoms with E-state index in [4.69, 9.17) is 0 Å². The molecule has 1 aromatic rings. The first-order valence-corrected chi connectivity index (χ1v) is 9.20. The number of hydrogen-bond donors (Lipinski definition) is 3. The maximum Gasteiger partial charge on any atom is 1.00 e. The molecule has 3 N–H and O–H groups in total. The van der Waals surface area contributed by atoms with Gasteiger partial charge in [0.25, 0.3) is 0 Å². The molecule has 134 valence electrons. The van der Waals surface area contributed by atoms with Crippen molar-refractivity contribution in [1.82, 2.24) is 10.2 Å². The Bertz CT molecular complexity index is 753. The first-order chi connectivity index (χ1) is 11.6. The molecule has 0 bridgehead atoms. The van der Waals surface area contributed by atoms with Gasteiger partial charge in [0, 0.05) is 9.62 Å². The number of rotatable bonds is 5. The molecule has 0 saturated carbocycles. The third-order valence-corrected chi connectivity index (χ3v) is 6.82. The Hall–Kier alpha value is -1.07. The zero-order chi connectivity index (χ0) is 18.5. The number of thiophene rings is 1. The molecule has 3 heterocycles. The van der Waals surface area contributed by atoms with E-state index in [1.165, 1.54) is 16.7 Å². The van der Waals surface area contributed by atoms with Gasteiger partial charge in [-0.3, -0.25) is 14.4 Å². The van der Waals surface area contributed by atoms with Crippen molar-refractivity contribution < 1.29 is 58.9 Å². The van der Waals surface area contributed by atoms with Gasteiger partial charge in [-0.25, -0.2) is 4.79 Å². The number of β-lactam (4-membered cyclic amide) rings is 1. The molecule has 0 spiro atoms. The number of nitrogens with zero attached hydrogens (tertiary/aromatic N) is 1. The number of carboxylic acids is 2. The molecule has 2 fully saturated rings. The van der Waals surface area contributed by atoms with Crippen LogP contribution in [0.5, 0.6) is 0 Å². The van der Waals surface area contributed by atoms with E-state index in [1.54, 1.807) is 31.4 Å². The van der Waals surface area contributed by atoms with Crippen molar-refractivity contribution >= 4 is 46.9 Å². The van der Waals surface area contributed by atoms with Crippen LogP contribution in [0, 0.1) is 0 Å². The van der Waals surface area contributed by atoms with Gasteiger partial charge in [-0.2, -0.15) is 0 Å². The van der Waals surface area contributed by atoms with Crippen LogP contribution in [0.2, 0.25) is 0 Å². The second kappa shape index (κ2) is 7.51. The fraction of sp³-hybridized carbons (Fsp3) is 0.467. The normalized spacial score (nSPS) is 26.9. The zero-order valence-electron chi connectivity index (χ0n) is 14.3. The molecular formula is C15H16N2NaO6S2+. The fourth-order valence-electron chi connectivity index (χ4n) is 3.20. The molecule has 11 heteroatoms. The molecule has 2 aliphatic heterocycles. The minimum absolute atomic E-state index is 0. The van der Waals surface area contributed by atoms with E-state index in [2.05, 4.69) is 5.32 Å². The van der Waals surface area contributed by atoms with Crippen LogP contribution in [-0.2, 0) is 19.2 Å². The number of aliphatic carboxylic acids is 2. The number of carbonyl (C=O) groups is 4. The molecular weight excluding hydrogens is 391 g/mol. The van der Waals surface area contributed by atoms with E-state index in [-0.39, 0.29) is 29.6 Å². The summed E-state index contributed by atoms with van der Waals surface area (Å²) in [5.41, 5.74) is 0. The number of carbonyl (C=O) groups excluding carboxylic acids is 2. The molecule has 26 heavy (non-hydrogen) atoms. The van der Waals surface area contributed by atoms with Gasteiger partial charge in [-0.15, -0.1) is 23.1 Å². The average molecular weight is 407 g/mol. The van der Waals surface area contributed by atoms with Gasteiger partial charge in [-0.05, 0) is 25.3 Å². The third kappa shape index (κ3) is 3.40.